The molecule has 0 saturated carbocycles. The van der Waals surface area contributed by atoms with E-state index in [-0.39, 0.29) is 64.4 Å². The molecule has 1 aliphatic heterocycles. The van der Waals surface area contributed by atoms with E-state index < -0.39 is 27.7 Å². The molecule has 0 spiro atoms. The lowest BCUT2D eigenvalue weighted by molar-refractivity contribution is -0.136. The number of nitrogens with one attached hydrogen (secondary N) is 1. The number of halogens is 4. The number of piperazine rings is 1. The molecule has 42 heavy (non-hydrogen) atoms. The van der Waals surface area contributed by atoms with Crippen molar-refractivity contribution < 1.29 is 35.9 Å². The predicted octanol–water partition coefficient (Wildman–Crippen LogP) is 5.26. The number of hydrogen-bond acceptors (Lipinski definition) is 9. The number of methoxy groups -OCH3 is 1. The Balaban J connectivity index is 1.28. The fraction of sp³-hybridized carbons (Fsp3) is 0.269. The average molecular weight is 659 g/mol. The number of nitrogens with zero attached hydrogens (tertiary/aromatic N) is 3. The molecule has 5 rings (SSSR count). The molecule has 0 aliphatic carbocycles. The summed E-state index contributed by atoms with van der Waals surface area (Å²) in [5.41, 5.74) is -0.685. The normalized spacial score (nSPS) is 14.7. The van der Waals surface area contributed by atoms with Crippen LogP contribution in [0.4, 0.5) is 19.0 Å². The quantitative estimate of drug-likeness (QED) is 0.270. The Bertz CT molecular complexity index is 1750. The number of rotatable bonds is 7. The molecule has 222 valence electrons. The van der Waals surface area contributed by atoms with Gasteiger partial charge in [0.1, 0.15) is 10.0 Å². The molecule has 4 aromatic rings. The first-order valence-electron chi connectivity index (χ1n) is 12.3. The van der Waals surface area contributed by atoms with Crippen molar-refractivity contribution in [3.8, 4) is 0 Å². The minimum atomic E-state index is -4.69. The summed E-state index contributed by atoms with van der Waals surface area (Å²) < 4.78 is 74.2. The van der Waals surface area contributed by atoms with E-state index in [0.717, 1.165) is 35.8 Å². The van der Waals surface area contributed by atoms with E-state index in [2.05, 4.69) is 10.3 Å². The van der Waals surface area contributed by atoms with E-state index in [9.17, 15) is 31.2 Å². The molecule has 1 saturated heterocycles. The van der Waals surface area contributed by atoms with Crippen LogP contribution in [0.1, 0.15) is 31.2 Å². The summed E-state index contributed by atoms with van der Waals surface area (Å²) in [4.78, 5) is 31.0. The van der Waals surface area contributed by atoms with E-state index in [1.54, 1.807) is 35.2 Å². The lowest BCUT2D eigenvalue weighted by Gasteiger charge is -2.34. The Hall–Kier alpha value is -3.24. The van der Waals surface area contributed by atoms with Crippen LogP contribution in [0, 0.1) is 0 Å². The molecule has 9 nitrogen and oxygen atoms in total. The van der Waals surface area contributed by atoms with Crippen molar-refractivity contribution in [1.29, 1.82) is 0 Å². The van der Waals surface area contributed by atoms with E-state index in [1.165, 1.54) is 15.8 Å². The molecule has 1 N–H and O–H groups in total. The molecule has 4 heterocycles. The summed E-state index contributed by atoms with van der Waals surface area (Å²) in [7, 11) is -2.75. The number of carbonyl (C=O) groups is 2. The number of aromatic nitrogens is 1. The van der Waals surface area contributed by atoms with Crippen molar-refractivity contribution in [3.05, 3.63) is 74.4 Å². The minimum absolute atomic E-state index is 0.00901. The number of sulfonamides is 1. The zero-order valence-electron chi connectivity index (χ0n) is 21.8. The third kappa shape index (κ3) is 6.10. The first-order valence-corrected chi connectivity index (χ1v) is 15.8. The number of thiophene rings is 2. The third-order valence-corrected chi connectivity index (χ3v) is 11.2. The summed E-state index contributed by atoms with van der Waals surface area (Å²) >= 11 is 7.63. The molecule has 1 aliphatic rings. The van der Waals surface area contributed by atoms with Gasteiger partial charge in [-0.1, -0.05) is 11.6 Å². The van der Waals surface area contributed by atoms with Gasteiger partial charge in [0.15, 0.2) is 0 Å². The molecule has 0 radical (unpaired) electrons. The number of fused-ring (bicyclic) bond motifs is 1. The summed E-state index contributed by atoms with van der Waals surface area (Å²) in [5.74, 6) is -1.14. The SMILES string of the molecule is COC(=O)c1csc2c(C(F)(F)F)cc(N3CCN(S(=O)(=O)c4ccc(CNC(=O)c5ccc(Cl)cc5)s4)CC3)nc12. The second kappa shape index (κ2) is 11.8. The highest BCUT2D eigenvalue weighted by atomic mass is 35.5. The van der Waals surface area contributed by atoms with Crippen molar-refractivity contribution in [2.75, 3.05) is 38.2 Å². The van der Waals surface area contributed by atoms with Gasteiger partial charge in [0.05, 0.1) is 35.0 Å². The van der Waals surface area contributed by atoms with Gasteiger partial charge in [0.2, 0.25) is 0 Å². The van der Waals surface area contributed by atoms with Crippen LogP contribution in [0.2, 0.25) is 5.02 Å². The molecule has 3 aromatic heterocycles. The van der Waals surface area contributed by atoms with Gasteiger partial charge in [-0.25, -0.2) is 18.2 Å². The van der Waals surface area contributed by atoms with E-state index in [4.69, 9.17) is 16.3 Å². The fourth-order valence-corrected chi connectivity index (χ4v) is 8.38. The smallest absolute Gasteiger partial charge is 0.417 e. The monoisotopic (exact) mass is 658 g/mol. The first kappa shape index (κ1) is 30.2. The zero-order chi connectivity index (χ0) is 30.2. The van der Waals surface area contributed by atoms with Gasteiger partial charge >= 0.3 is 12.1 Å². The largest absolute Gasteiger partial charge is 0.465 e. The molecule has 0 unspecified atom stereocenters. The lowest BCUT2D eigenvalue weighted by atomic mass is 10.1. The molecular formula is C26H22ClF3N4O5S3. The summed E-state index contributed by atoms with van der Waals surface area (Å²) in [6.07, 6.45) is -4.69. The molecule has 1 fully saturated rings. The standard InChI is InChI=1S/C26H22ClF3N4O5S3/c1-39-25(36)18-14-40-23-19(26(28,29)30)12-20(32-22(18)23)33-8-10-34(11-9-33)42(37,38)21-7-6-17(41-21)13-31-24(35)15-2-4-16(27)5-3-15/h2-7,12,14H,8-11,13H2,1H3,(H,31,35). The number of anilines is 1. The van der Waals surface area contributed by atoms with Crippen LogP contribution in [0.3, 0.4) is 0 Å². The third-order valence-electron chi connectivity index (χ3n) is 6.54. The highest BCUT2D eigenvalue weighted by Crippen LogP contribution is 2.40. The van der Waals surface area contributed by atoms with Gasteiger partial charge in [-0.2, -0.15) is 17.5 Å². The van der Waals surface area contributed by atoms with Crippen LogP contribution < -0.4 is 10.2 Å². The Labute approximate surface area is 251 Å². The summed E-state index contributed by atoms with van der Waals surface area (Å²) in [5, 5.41) is 4.52. The maximum absolute atomic E-state index is 13.9. The van der Waals surface area contributed by atoms with Gasteiger partial charge in [-0.05, 0) is 42.5 Å². The second-order valence-corrected chi connectivity index (χ2v) is 13.8. The Morgan fingerprint density at radius 1 is 1.10 bits per heavy atom. The van der Waals surface area contributed by atoms with Gasteiger partial charge in [-0.3, -0.25) is 4.79 Å². The van der Waals surface area contributed by atoms with Crippen LogP contribution in [0.5, 0.6) is 0 Å². The van der Waals surface area contributed by atoms with Crippen molar-refractivity contribution in [1.82, 2.24) is 14.6 Å². The number of ether oxygens (including phenoxy) is 1. The fourth-order valence-electron chi connectivity index (χ4n) is 4.37. The number of alkyl halides is 3. The van der Waals surface area contributed by atoms with Crippen LogP contribution in [0.15, 0.2) is 52.1 Å². The van der Waals surface area contributed by atoms with Crippen molar-refractivity contribution >= 4 is 72.2 Å². The van der Waals surface area contributed by atoms with Crippen molar-refractivity contribution in [2.45, 2.75) is 16.9 Å². The van der Waals surface area contributed by atoms with Gasteiger partial charge < -0.3 is 15.0 Å². The number of hydrogen-bond donors (Lipinski definition) is 1. The van der Waals surface area contributed by atoms with Crippen molar-refractivity contribution in [2.24, 2.45) is 0 Å². The van der Waals surface area contributed by atoms with E-state index in [0.29, 0.717) is 15.5 Å². The maximum Gasteiger partial charge on any atom is 0.417 e. The number of amides is 1. The van der Waals surface area contributed by atoms with Crippen LogP contribution in [-0.4, -0.2) is 62.9 Å². The lowest BCUT2D eigenvalue weighted by Crippen LogP contribution is -2.48. The summed E-state index contributed by atoms with van der Waals surface area (Å²) in [6.45, 7) is 0.320. The summed E-state index contributed by atoms with van der Waals surface area (Å²) in [6, 6.07) is 10.4. The van der Waals surface area contributed by atoms with E-state index >= 15 is 0 Å². The highest BCUT2D eigenvalue weighted by Gasteiger charge is 2.37. The van der Waals surface area contributed by atoms with Gasteiger partial charge in [0.25, 0.3) is 15.9 Å². The Morgan fingerprint density at radius 2 is 1.79 bits per heavy atom. The van der Waals surface area contributed by atoms with Gasteiger partial charge in [0, 0.05) is 47.0 Å². The number of pyridine rings is 1. The second-order valence-electron chi connectivity index (χ2n) is 9.15. The van der Waals surface area contributed by atoms with Gasteiger partial charge in [-0.15, -0.1) is 22.7 Å². The van der Waals surface area contributed by atoms with Crippen molar-refractivity contribution in [3.63, 3.8) is 0 Å². The molecule has 1 aromatic carbocycles. The molecule has 0 atom stereocenters. The topological polar surface area (TPSA) is 109 Å². The van der Waals surface area contributed by atoms with Crippen LogP contribution in [-0.2, 0) is 27.5 Å². The maximum atomic E-state index is 13.9. The zero-order valence-corrected chi connectivity index (χ0v) is 25.0. The molecule has 0 bridgehead atoms. The number of carbonyl (C=O) groups excluding carboxylic acids is 2. The predicted molar refractivity (Wildman–Crippen MR) is 154 cm³/mol. The molecular weight excluding hydrogens is 637 g/mol. The Kier molecular flexibility index (Phi) is 8.49. The Morgan fingerprint density at radius 3 is 2.43 bits per heavy atom. The van der Waals surface area contributed by atoms with Crippen LogP contribution in [0.25, 0.3) is 10.2 Å². The molecule has 1 amide bonds. The highest BCUT2D eigenvalue weighted by molar-refractivity contribution is 7.91. The minimum Gasteiger partial charge on any atom is -0.465 e. The molecule has 16 heteroatoms. The average Bonchev–Trinajstić information content (AvgIpc) is 3.63. The van der Waals surface area contributed by atoms with Crippen LogP contribution >= 0.6 is 34.3 Å². The van der Waals surface area contributed by atoms with E-state index in [1.807, 2.05) is 0 Å². The number of esters is 1. The number of benzene rings is 1. The first-order chi connectivity index (χ1) is 19.9.